The first kappa shape index (κ1) is 14.7. The molecule has 6 nitrogen and oxygen atoms in total. The fourth-order valence-electron chi connectivity index (χ4n) is 3.23. The number of aliphatic carboxylic acids is 1. The minimum atomic E-state index is -0.975. The Kier molecular flexibility index (Phi) is 3.28. The largest absolute Gasteiger partial charge is 0.479 e. The van der Waals surface area contributed by atoms with Crippen molar-refractivity contribution in [2.45, 2.75) is 12.5 Å². The number of imidazole rings is 1. The van der Waals surface area contributed by atoms with Crippen LogP contribution in [0.15, 0.2) is 41.2 Å². The van der Waals surface area contributed by atoms with E-state index in [1.54, 1.807) is 11.6 Å². The van der Waals surface area contributed by atoms with Crippen molar-refractivity contribution in [2.24, 2.45) is 7.05 Å². The molecule has 0 radical (unpaired) electrons. The number of hydrogen-bond acceptors (Lipinski definition) is 3. The van der Waals surface area contributed by atoms with E-state index in [1.807, 2.05) is 36.4 Å². The maximum atomic E-state index is 11.7. The quantitative estimate of drug-likeness (QED) is 0.757. The number of benzene rings is 2. The van der Waals surface area contributed by atoms with Gasteiger partial charge >= 0.3 is 11.7 Å². The molecule has 1 aromatic heterocycles. The van der Waals surface area contributed by atoms with E-state index in [-0.39, 0.29) is 5.69 Å². The monoisotopic (exact) mass is 324 g/mol. The molecule has 122 valence electrons. The Bertz CT molecular complexity index is 1020. The summed E-state index contributed by atoms with van der Waals surface area (Å²) in [5.41, 5.74) is 4.96. The summed E-state index contributed by atoms with van der Waals surface area (Å²) in [4.78, 5) is 25.9. The molecule has 3 aromatic rings. The van der Waals surface area contributed by atoms with Crippen molar-refractivity contribution in [1.29, 1.82) is 0 Å². The van der Waals surface area contributed by atoms with Crippen LogP contribution >= 0.6 is 0 Å². The predicted octanol–water partition coefficient (Wildman–Crippen LogP) is 2.23. The number of carbonyl (C=O) groups is 1. The third-order valence-electron chi connectivity index (χ3n) is 4.55. The first-order chi connectivity index (χ1) is 11.5. The van der Waals surface area contributed by atoms with E-state index >= 15 is 0 Å². The molecule has 2 aromatic carbocycles. The minimum Gasteiger partial charge on any atom is -0.479 e. The second-order valence-corrected chi connectivity index (χ2v) is 5.97. The van der Waals surface area contributed by atoms with Crippen molar-refractivity contribution in [3.05, 3.63) is 58.0 Å². The zero-order chi connectivity index (χ0) is 16.8. The fourth-order valence-corrected chi connectivity index (χ4v) is 3.23. The predicted molar refractivity (Wildman–Crippen MR) is 89.0 cm³/mol. The van der Waals surface area contributed by atoms with Crippen LogP contribution in [0.25, 0.3) is 22.2 Å². The molecule has 0 saturated heterocycles. The van der Waals surface area contributed by atoms with Gasteiger partial charge in [-0.05, 0) is 46.9 Å². The first-order valence-electron chi connectivity index (χ1n) is 7.71. The highest BCUT2D eigenvalue weighted by Gasteiger charge is 2.27. The van der Waals surface area contributed by atoms with Crippen LogP contribution in [0.1, 0.15) is 17.2 Å². The summed E-state index contributed by atoms with van der Waals surface area (Å²) in [5.74, 6) is -0.975. The summed E-state index contributed by atoms with van der Waals surface area (Å²) in [7, 11) is 1.71. The topological polar surface area (TPSA) is 84.3 Å². The molecule has 1 unspecified atom stereocenters. The lowest BCUT2D eigenvalue weighted by atomic mass is 9.93. The van der Waals surface area contributed by atoms with E-state index in [0.717, 1.165) is 27.7 Å². The van der Waals surface area contributed by atoms with E-state index in [4.69, 9.17) is 4.74 Å². The molecule has 1 aliphatic rings. The molecule has 1 aliphatic heterocycles. The van der Waals surface area contributed by atoms with Crippen molar-refractivity contribution in [1.82, 2.24) is 9.55 Å². The van der Waals surface area contributed by atoms with Crippen molar-refractivity contribution in [3.8, 4) is 11.1 Å². The zero-order valence-corrected chi connectivity index (χ0v) is 13.1. The van der Waals surface area contributed by atoms with E-state index in [0.29, 0.717) is 18.6 Å². The van der Waals surface area contributed by atoms with Crippen LogP contribution in [-0.4, -0.2) is 27.2 Å². The molecule has 2 N–H and O–H groups in total. The standard InChI is InChI=1S/C18H16N2O4/c1-20-15-9-12(4-5-14(15)19-18(20)23)11-3-2-10-6-7-24-16(17(21)22)13(10)8-11/h2-5,8-9,16H,6-7H2,1H3,(H,19,23)(H,21,22). The van der Waals surface area contributed by atoms with Crippen molar-refractivity contribution >= 4 is 17.0 Å². The highest BCUT2D eigenvalue weighted by molar-refractivity contribution is 5.83. The van der Waals surface area contributed by atoms with Gasteiger partial charge in [-0.2, -0.15) is 0 Å². The Morgan fingerprint density at radius 2 is 2.00 bits per heavy atom. The highest BCUT2D eigenvalue weighted by atomic mass is 16.5. The summed E-state index contributed by atoms with van der Waals surface area (Å²) in [5, 5.41) is 9.36. The van der Waals surface area contributed by atoms with E-state index in [2.05, 4.69) is 4.98 Å². The van der Waals surface area contributed by atoms with Gasteiger partial charge in [-0.3, -0.25) is 4.57 Å². The van der Waals surface area contributed by atoms with Crippen LogP contribution in [0.5, 0.6) is 0 Å². The highest BCUT2D eigenvalue weighted by Crippen LogP contribution is 2.32. The number of nitrogens with one attached hydrogen (secondary N) is 1. The van der Waals surface area contributed by atoms with Crippen molar-refractivity contribution in [3.63, 3.8) is 0 Å². The Balaban J connectivity index is 1.85. The number of nitrogens with zero attached hydrogens (tertiary/aromatic N) is 1. The number of fused-ring (bicyclic) bond motifs is 2. The van der Waals surface area contributed by atoms with Gasteiger partial charge in [0.1, 0.15) is 0 Å². The first-order valence-corrected chi connectivity index (χ1v) is 7.71. The normalized spacial score (nSPS) is 17.0. The maximum absolute atomic E-state index is 11.7. The smallest absolute Gasteiger partial charge is 0.337 e. The number of carboxylic acids is 1. The molecule has 0 aliphatic carbocycles. The number of rotatable bonds is 2. The number of ether oxygens (including phenoxy) is 1. The summed E-state index contributed by atoms with van der Waals surface area (Å²) in [6.07, 6.45) is -0.209. The van der Waals surface area contributed by atoms with Gasteiger partial charge in [0.2, 0.25) is 0 Å². The molecule has 0 amide bonds. The van der Waals surface area contributed by atoms with Crippen LogP contribution in [0.4, 0.5) is 0 Å². The number of H-pyrrole nitrogens is 1. The van der Waals surface area contributed by atoms with Gasteiger partial charge in [-0.1, -0.05) is 18.2 Å². The summed E-state index contributed by atoms with van der Waals surface area (Å²) in [6, 6.07) is 11.5. The van der Waals surface area contributed by atoms with Gasteiger partial charge in [0.15, 0.2) is 6.10 Å². The number of aromatic nitrogens is 2. The lowest BCUT2D eigenvalue weighted by Gasteiger charge is -2.23. The number of hydrogen-bond donors (Lipinski definition) is 2. The summed E-state index contributed by atoms with van der Waals surface area (Å²) in [6.45, 7) is 0.417. The van der Waals surface area contributed by atoms with Crippen LogP contribution < -0.4 is 5.69 Å². The Hall–Kier alpha value is -2.86. The Labute approximate surface area is 137 Å². The lowest BCUT2D eigenvalue weighted by molar-refractivity contribution is -0.151. The van der Waals surface area contributed by atoms with E-state index in [9.17, 15) is 14.7 Å². The fraction of sp³-hybridized carbons (Fsp3) is 0.222. The van der Waals surface area contributed by atoms with Crippen molar-refractivity contribution < 1.29 is 14.6 Å². The molecule has 0 fully saturated rings. The molecule has 1 atom stereocenters. The molecular formula is C18H16N2O4. The molecule has 24 heavy (non-hydrogen) atoms. The molecule has 2 heterocycles. The van der Waals surface area contributed by atoms with Crippen LogP contribution in [0.2, 0.25) is 0 Å². The van der Waals surface area contributed by atoms with Crippen LogP contribution in [0, 0.1) is 0 Å². The molecule has 0 saturated carbocycles. The zero-order valence-electron chi connectivity index (χ0n) is 13.1. The second kappa shape index (κ2) is 5.35. The van der Waals surface area contributed by atoms with Gasteiger partial charge < -0.3 is 14.8 Å². The molecule has 6 heteroatoms. The van der Waals surface area contributed by atoms with Gasteiger partial charge in [-0.25, -0.2) is 9.59 Å². The molecule has 0 bridgehead atoms. The third kappa shape index (κ3) is 2.23. The van der Waals surface area contributed by atoms with Gasteiger partial charge in [0.05, 0.1) is 17.6 Å². The van der Waals surface area contributed by atoms with E-state index < -0.39 is 12.1 Å². The van der Waals surface area contributed by atoms with Gasteiger partial charge in [0, 0.05) is 7.05 Å². The van der Waals surface area contributed by atoms with Gasteiger partial charge in [0.25, 0.3) is 0 Å². The SMILES string of the molecule is Cn1c(=O)[nH]c2ccc(-c3ccc4c(c3)C(C(=O)O)OCC4)cc21. The minimum absolute atomic E-state index is 0.160. The maximum Gasteiger partial charge on any atom is 0.337 e. The average Bonchev–Trinajstić information content (AvgIpc) is 2.87. The molecule has 4 rings (SSSR count). The molecule has 0 spiro atoms. The Morgan fingerprint density at radius 3 is 2.79 bits per heavy atom. The average molecular weight is 324 g/mol. The van der Waals surface area contributed by atoms with Crippen LogP contribution in [0.3, 0.4) is 0 Å². The van der Waals surface area contributed by atoms with Crippen LogP contribution in [-0.2, 0) is 23.0 Å². The molecular weight excluding hydrogens is 308 g/mol. The summed E-state index contributed by atoms with van der Waals surface area (Å²) >= 11 is 0. The third-order valence-corrected chi connectivity index (χ3v) is 4.55. The van der Waals surface area contributed by atoms with Gasteiger partial charge in [-0.15, -0.1) is 0 Å². The number of carboxylic acid groups (broad SMARTS) is 1. The van der Waals surface area contributed by atoms with E-state index in [1.165, 1.54) is 0 Å². The lowest BCUT2D eigenvalue weighted by Crippen LogP contribution is -2.23. The summed E-state index contributed by atoms with van der Waals surface area (Å²) < 4.78 is 6.96. The number of aryl methyl sites for hydroxylation is 1. The van der Waals surface area contributed by atoms with Crippen molar-refractivity contribution in [2.75, 3.05) is 6.61 Å². The second-order valence-electron chi connectivity index (χ2n) is 5.97. The Morgan fingerprint density at radius 1 is 1.25 bits per heavy atom. The number of aromatic amines is 1.